The Hall–Kier alpha value is -1.55. The molecule has 0 aliphatic heterocycles. The number of aryl methyl sites for hydroxylation is 1. The van der Waals surface area contributed by atoms with Crippen molar-refractivity contribution in [1.29, 1.82) is 0 Å². The molecule has 1 unspecified atom stereocenters. The second kappa shape index (κ2) is 7.90. The highest BCUT2D eigenvalue weighted by Crippen LogP contribution is 2.22. The standard InChI is InChI=1S/C16H26N2O2/c1-11(2)9-18-16(19)10-20-15-7-6-14(8-12(15)3)13(4)17-5/h6-8,11,13,17H,9-10H2,1-5H3,(H,18,19). The second-order valence-electron chi connectivity index (χ2n) is 5.52. The molecule has 0 aliphatic rings. The van der Waals surface area contributed by atoms with E-state index in [2.05, 4.69) is 37.5 Å². The van der Waals surface area contributed by atoms with E-state index in [1.807, 2.05) is 26.1 Å². The number of hydrogen-bond acceptors (Lipinski definition) is 3. The van der Waals surface area contributed by atoms with Crippen LogP contribution in [-0.2, 0) is 4.79 Å². The van der Waals surface area contributed by atoms with Crippen LogP contribution < -0.4 is 15.4 Å². The third-order valence-electron chi connectivity index (χ3n) is 3.20. The minimum Gasteiger partial charge on any atom is -0.484 e. The van der Waals surface area contributed by atoms with Crippen molar-refractivity contribution in [2.45, 2.75) is 33.7 Å². The van der Waals surface area contributed by atoms with Gasteiger partial charge < -0.3 is 15.4 Å². The van der Waals surface area contributed by atoms with E-state index < -0.39 is 0 Å². The van der Waals surface area contributed by atoms with Gasteiger partial charge in [0, 0.05) is 12.6 Å². The SMILES string of the molecule is CNC(C)c1ccc(OCC(=O)NCC(C)C)c(C)c1. The van der Waals surface area contributed by atoms with Gasteiger partial charge in [-0.2, -0.15) is 0 Å². The molecule has 1 aromatic carbocycles. The number of rotatable bonds is 7. The highest BCUT2D eigenvalue weighted by molar-refractivity contribution is 5.77. The van der Waals surface area contributed by atoms with E-state index in [1.54, 1.807) is 0 Å². The zero-order valence-corrected chi connectivity index (χ0v) is 13.1. The molecular formula is C16H26N2O2. The number of hydrogen-bond donors (Lipinski definition) is 2. The Balaban J connectivity index is 2.54. The van der Waals surface area contributed by atoms with Gasteiger partial charge in [0.15, 0.2) is 6.61 Å². The van der Waals surface area contributed by atoms with E-state index in [0.29, 0.717) is 18.5 Å². The van der Waals surface area contributed by atoms with Gasteiger partial charge in [-0.3, -0.25) is 4.79 Å². The lowest BCUT2D eigenvalue weighted by molar-refractivity contribution is -0.123. The van der Waals surface area contributed by atoms with Crippen molar-refractivity contribution in [2.75, 3.05) is 20.2 Å². The van der Waals surface area contributed by atoms with Crippen LogP contribution in [0.5, 0.6) is 5.75 Å². The normalized spacial score (nSPS) is 12.3. The van der Waals surface area contributed by atoms with E-state index in [4.69, 9.17) is 4.74 Å². The molecule has 0 heterocycles. The third-order valence-corrected chi connectivity index (χ3v) is 3.20. The maximum absolute atomic E-state index is 11.6. The van der Waals surface area contributed by atoms with Crippen LogP contribution in [0.2, 0.25) is 0 Å². The monoisotopic (exact) mass is 278 g/mol. The van der Waals surface area contributed by atoms with E-state index in [-0.39, 0.29) is 12.5 Å². The summed E-state index contributed by atoms with van der Waals surface area (Å²) in [6, 6.07) is 6.34. The van der Waals surface area contributed by atoms with Crippen molar-refractivity contribution in [3.05, 3.63) is 29.3 Å². The van der Waals surface area contributed by atoms with Crippen LogP contribution in [0.25, 0.3) is 0 Å². The van der Waals surface area contributed by atoms with Crippen LogP contribution in [0.15, 0.2) is 18.2 Å². The molecule has 1 aromatic rings. The fraction of sp³-hybridized carbons (Fsp3) is 0.562. The highest BCUT2D eigenvalue weighted by Gasteiger charge is 2.08. The first-order chi connectivity index (χ1) is 9.43. The zero-order valence-electron chi connectivity index (χ0n) is 13.1. The van der Waals surface area contributed by atoms with Gasteiger partial charge in [0.1, 0.15) is 5.75 Å². The van der Waals surface area contributed by atoms with Gasteiger partial charge in [-0.1, -0.05) is 26.0 Å². The van der Waals surface area contributed by atoms with Crippen molar-refractivity contribution in [2.24, 2.45) is 5.92 Å². The Morgan fingerprint density at radius 3 is 2.55 bits per heavy atom. The molecule has 1 rings (SSSR count). The largest absolute Gasteiger partial charge is 0.484 e. The van der Waals surface area contributed by atoms with Crippen LogP contribution in [-0.4, -0.2) is 26.1 Å². The molecule has 0 aliphatic carbocycles. The highest BCUT2D eigenvalue weighted by atomic mass is 16.5. The number of carbonyl (C=O) groups is 1. The lowest BCUT2D eigenvalue weighted by Gasteiger charge is -2.14. The minimum absolute atomic E-state index is 0.0640. The van der Waals surface area contributed by atoms with E-state index in [1.165, 1.54) is 5.56 Å². The summed E-state index contributed by atoms with van der Waals surface area (Å²) in [5.41, 5.74) is 2.25. The van der Waals surface area contributed by atoms with Gasteiger partial charge >= 0.3 is 0 Å². The summed E-state index contributed by atoms with van der Waals surface area (Å²) < 4.78 is 5.57. The molecule has 0 bridgehead atoms. The fourth-order valence-corrected chi connectivity index (χ4v) is 1.78. The van der Waals surface area contributed by atoms with E-state index >= 15 is 0 Å². The Labute approximate surface area is 121 Å². The van der Waals surface area contributed by atoms with Crippen molar-refractivity contribution >= 4 is 5.91 Å². The quantitative estimate of drug-likeness (QED) is 0.805. The first-order valence-corrected chi connectivity index (χ1v) is 7.11. The average molecular weight is 278 g/mol. The fourth-order valence-electron chi connectivity index (χ4n) is 1.78. The van der Waals surface area contributed by atoms with E-state index in [0.717, 1.165) is 11.3 Å². The van der Waals surface area contributed by atoms with Crippen LogP contribution in [0.1, 0.15) is 37.9 Å². The summed E-state index contributed by atoms with van der Waals surface area (Å²) in [7, 11) is 1.93. The smallest absolute Gasteiger partial charge is 0.257 e. The first-order valence-electron chi connectivity index (χ1n) is 7.11. The van der Waals surface area contributed by atoms with Gasteiger partial charge in [-0.15, -0.1) is 0 Å². The first kappa shape index (κ1) is 16.5. The molecule has 20 heavy (non-hydrogen) atoms. The van der Waals surface area contributed by atoms with Crippen LogP contribution in [0, 0.1) is 12.8 Å². The maximum atomic E-state index is 11.6. The minimum atomic E-state index is -0.0780. The number of ether oxygens (including phenoxy) is 1. The van der Waals surface area contributed by atoms with Crippen molar-refractivity contribution in [3.63, 3.8) is 0 Å². The number of carbonyl (C=O) groups excluding carboxylic acids is 1. The Morgan fingerprint density at radius 2 is 2.00 bits per heavy atom. The van der Waals surface area contributed by atoms with Crippen molar-refractivity contribution in [3.8, 4) is 5.75 Å². The zero-order chi connectivity index (χ0) is 15.1. The second-order valence-corrected chi connectivity index (χ2v) is 5.52. The molecular weight excluding hydrogens is 252 g/mol. The van der Waals surface area contributed by atoms with Gasteiger partial charge in [-0.25, -0.2) is 0 Å². The molecule has 4 nitrogen and oxygen atoms in total. The van der Waals surface area contributed by atoms with Gasteiger partial charge in [-0.05, 0) is 44.0 Å². The molecule has 0 radical (unpaired) electrons. The average Bonchev–Trinajstić information content (AvgIpc) is 2.42. The molecule has 0 spiro atoms. The molecule has 0 fully saturated rings. The lowest BCUT2D eigenvalue weighted by Crippen LogP contribution is -2.31. The topological polar surface area (TPSA) is 50.4 Å². The lowest BCUT2D eigenvalue weighted by atomic mass is 10.1. The summed E-state index contributed by atoms with van der Waals surface area (Å²) >= 11 is 0. The summed E-state index contributed by atoms with van der Waals surface area (Å²) in [5.74, 6) is 1.13. The van der Waals surface area contributed by atoms with Crippen molar-refractivity contribution in [1.82, 2.24) is 10.6 Å². The van der Waals surface area contributed by atoms with E-state index in [9.17, 15) is 4.79 Å². The number of amides is 1. The molecule has 1 amide bonds. The maximum Gasteiger partial charge on any atom is 0.257 e. The third kappa shape index (κ3) is 5.21. The van der Waals surface area contributed by atoms with Gasteiger partial charge in [0.2, 0.25) is 0 Å². The number of benzene rings is 1. The predicted octanol–water partition coefficient (Wildman–Crippen LogP) is 2.43. The summed E-state index contributed by atoms with van der Waals surface area (Å²) in [5, 5.41) is 6.04. The Morgan fingerprint density at radius 1 is 1.30 bits per heavy atom. The Kier molecular flexibility index (Phi) is 6.52. The Bertz CT molecular complexity index is 444. The summed E-state index contributed by atoms with van der Waals surface area (Å²) in [6.07, 6.45) is 0. The summed E-state index contributed by atoms with van der Waals surface area (Å²) in [4.78, 5) is 11.6. The molecule has 4 heteroatoms. The predicted molar refractivity (Wildman–Crippen MR) is 82.0 cm³/mol. The molecule has 112 valence electrons. The van der Waals surface area contributed by atoms with Crippen LogP contribution in [0.4, 0.5) is 0 Å². The molecule has 0 saturated heterocycles. The molecule has 1 atom stereocenters. The van der Waals surface area contributed by atoms with Gasteiger partial charge in [0.25, 0.3) is 5.91 Å². The van der Waals surface area contributed by atoms with Crippen LogP contribution in [0.3, 0.4) is 0 Å². The molecule has 2 N–H and O–H groups in total. The molecule has 0 saturated carbocycles. The van der Waals surface area contributed by atoms with Gasteiger partial charge in [0.05, 0.1) is 0 Å². The molecule has 0 aromatic heterocycles. The van der Waals surface area contributed by atoms with Crippen LogP contribution >= 0.6 is 0 Å². The summed E-state index contributed by atoms with van der Waals surface area (Å²) in [6.45, 7) is 8.97. The number of nitrogens with one attached hydrogen (secondary N) is 2. The van der Waals surface area contributed by atoms with Crippen molar-refractivity contribution < 1.29 is 9.53 Å².